The van der Waals surface area contributed by atoms with Crippen LogP contribution in [0, 0.1) is 0 Å². The normalized spacial score (nSPS) is 13.0. The molecule has 1 rings (SSSR count). The highest BCUT2D eigenvalue weighted by molar-refractivity contribution is 7.98. The van der Waals surface area contributed by atoms with E-state index in [1.807, 2.05) is 0 Å². The molecule has 18 heteroatoms. The number of ketones is 1. The average Bonchev–Trinajstić information content (AvgIpc) is 3.06. The molecule has 0 spiro atoms. The minimum absolute atomic E-state index is 0.00373. The van der Waals surface area contributed by atoms with Gasteiger partial charge in [-0.05, 0) is 30.4 Å². The summed E-state index contributed by atoms with van der Waals surface area (Å²) >= 11 is 1.31. The van der Waals surface area contributed by atoms with Crippen molar-refractivity contribution >= 4 is 59.2 Å². The standard InChI is InChI=1S/C29H40FN5O11S/c1-44-24(38)13-20(22(36)15-30)34-27(41)19(11-12-47-3)33-26(40)18(9-10-23(31)37)32-28(42)21(14-25(39)45-2)35-29(43)46-16-17-7-5-4-6-8-17/h4-8,18-21H,9-16H2,1-3H3,(H2,31,37)(H,32,42)(H,33,40)(H,34,41)(H,35,43)/t18-,19-,20-,21-/m0/s1. The number of amides is 5. The zero-order chi connectivity index (χ0) is 35.4. The summed E-state index contributed by atoms with van der Waals surface area (Å²) in [5.74, 6) is -6.31. The van der Waals surface area contributed by atoms with Crippen molar-refractivity contribution in [3.63, 3.8) is 0 Å². The molecular weight excluding hydrogens is 645 g/mol. The van der Waals surface area contributed by atoms with Gasteiger partial charge in [-0.15, -0.1) is 0 Å². The first-order valence-electron chi connectivity index (χ1n) is 14.2. The van der Waals surface area contributed by atoms with E-state index in [4.69, 9.17) is 10.5 Å². The molecule has 0 aliphatic carbocycles. The van der Waals surface area contributed by atoms with Crippen LogP contribution in [0.2, 0.25) is 0 Å². The molecule has 0 aromatic heterocycles. The summed E-state index contributed by atoms with van der Waals surface area (Å²) in [5.41, 5.74) is 5.88. The number of halogens is 1. The van der Waals surface area contributed by atoms with Crippen molar-refractivity contribution in [3.05, 3.63) is 35.9 Å². The molecular formula is C29H40FN5O11S. The minimum atomic E-state index is -1.59. The van der Waals surface area contributed by atoms with Crippen LogP contribution >= 0.6 is 11.8 Å². The number of carbonyl (C=O) groups is 8. The lowest BCUT2D eigenvalue weighted by Crippen LogP contribution is -2.58. The molecule has 0 radical (unpaired) electrons. The zero-order valence-corrected chi connectivity index (χ0v) is 27.0. The van der Waals surface area contributed by atoms with E-state index in [2.05, 4.69) is 30.7 Å². The monoisotopic (exact) mass is 685 g/mol. The summed E-state index contributed by atoms with van der Waals surface area (Å²) in [4.78, 5) is 99.5. The molecule has 5 amide bonds. The van der Waals surface area contributed by atoms with E-state index < -0.39 is 91.1 Å². The number of esters is 2. The van der Waals surface area contributed by atoms with Crippen molar-refractivity contribution < 1.29 is 57.0 Å². The van der Waals surface area contributed by atoms with Crippen molar-refractivity contribution in [1.29, 1.82) is 0 Å². The highest BCUT2D eigenvalue weighted by Crippen LogP contribution is 2.08. The van der Waals surface area contributed by atoms with Crippen LogP contribution in [-0.4, -0.2) is 105 Å². The van der Waals surface area contributed by atoms with Gasteiger partial charge in [0.05, 0.1) is 27.1 Å². The SMILES string of the molecule is COC(=O)C[C@H](NC(=O)[C@H](CCSC)NC(=O)[C@H](CCC(N)=O)NC(=O)[C@H](CC(=O)OC)NC(=O)OCc1ccccc1)C(=O)CF. The fraction of sp³-hybridized carbons (Fsp3) is 0.517. The Morgan fingerprint density at radius 1 is 0.766 bits per heavy atom. The van der Waals surface area contributed by atoms with Crippen LogP contribution in [-0.2, 0) is 54.4 Å². The average molecular weight is 686 g/mol. The second-order valence-electron chi connectivity index (χ2n) is 9.89. The second-order valence-corrected chi connectivity index (χ2v) is 10.9. The fourth-order valence-electron chi connectivity index (χ4n) is 3.83. The third-order valence-corrected chi connectivity index (χ3v) is 7.06. The lowest BCUT2D eigenvalue weighted by molar-refractivity contribution is -0.144. The van der Waals surface area contributed by atoms with E-state index in [9.17, 15) is 42.7 Å². The number of alkyl halides is 1. The van der Waals surface area contributed by atoms with Crippen molar-refractivity contribution in [2.45, 2.75) is 62.9 Å². The van der Waals surface area contributed by atoms with Crippen LogP contribution < -0.4 is 27.0 Å². The predicted octanol–water partition coefficient (Wildman–Crippen LogP) is -0.581. The molecule has 0 bridgehead atoms. The maximum absolute atomic E-state index is 13.4. The maximum Gasteiger partial charge on any atom is 0.408 e. The van der Waals surface area contributed by atoms with E-state index in [-0.39, 0.29) is 25.9 Å². The number of nitrogens with one attached hydrogen (secondary N) is 4. The first kappa shape index (κ1) is 40.3. The Morgan fingerprint density at radius 3 is 1.79 bits per heavy atom. The Labute approximate surface area is 274 Å². The molecule has 16 nitrogen and oxygen atoms in total. The van der Waals surface area contributed by atoms with Crippen molar-refractivity contribution in [3.8, 4) is 0 Å². The van der Waals surface area contributed by atoms with Crippen molar-refractivity contribution in [2.24, 2.45) is 5.73 Å². The van der Waals surface area contributed by atoms with Crippen LogP contribution in [0.25, 0.3) is 0 Å². The van der Waals surface area contributed by atoms with Gasteiger partial charge in [0.2, 0.25) is 23.6 Å². The summed E-state index contributed by atoms with van der Waals surface area (Å²) in [7, 11) is 2.10. The van der Waals surface area contributed by atoms with Crippen LogP contribution in [0.4, 0.5) is 9.18 Å². The van der Waals surface area contributed by atoms with E-state index in [1.54, 1.807) is 36.6 Å². The number of Topliss-reactive ketones (excluding diaryl/α,β-unsaturated/α-hetero) is 1. The molecule has 47 heavy (non-hydrogen) atoms. The molecule has 260 valence electrons. The number of primary amides is 1. The first-order chi connectivity index (χ1) is 22.3. The third-order valence-electron chi connectivity index (χ3n) is 6.41. The molecule has 0 aliphatic heterocycles. The summed E-state index contributed by atoms with van der Waals surface area (Å²) in [5, 5.41) is 9.25. The van der Waals surface area contributed by atoms with E-state index >= 15 is 0 Å². The van der Waals surface area contributed by atoms with Gasteiger partial charge in [0.15, 0.2) is 5.78 Å². The Bertz CT molecular complexity index is 1250. The lowest BCUT2D eigenvalue weighted by atomic mass is 10.1. The second kappa shape index (κ2) is 21.9. The zero-order valence-electron chi connectivity index (χ0n) is 26.2. The van der Waals surface area contributed by atoms with Gasteiger partial charge in [-0.1, -0.05) is 30.3 Å². The van der Waals surface area contributed by atoms with E-state index in [0.717, 1.165) is 14.2 Å². The molecule has 0 unspecified atom stereocenters. The molecule has 1 aromatic rings. The number of nitrogens with two attached hydrogens (primary N) is 1. The molecule has 4 atom stereocenters. The Balaban J connectivity index is 3.16. The molecule has 0 fully saturated rings. The highest BCUT2D eigenvalue weighted by Gasteiger charge is 2.33. The molecule has 0 heterocycles. The number of hydrogen-bond acceptors (Lipinski definition) is 12. The Hall–Kier alpha value is -4.74. The van der Waals surface area contributed by atoms with Crippen LogP contribution in [0.3, 0.4) is 0 Å². The first-order valence-corrected chi connectivity index (χ1v) is 15.6. The molecule has 0 saturated carbocycles. The summed E-state index contributed by atoms with van der Waals surface area (Å²) < 4.78 is 27.3. The smallest absolute Gasteiger partial charge is 0.408 e. The number of rotatable bonds is 21. The number of methoxy groups -OCH3 is 2. The van der Waals surface area contributed by atoms with Gasteiger partial charge in [-0.3, -0.25) is 33.6 Å². The predicted molar refractivity (Wildman–Crippen MR) is 165 cm³/mol. The van der Waals surface area contributed by atoms with Gasteiger partial charge in [0.25, 0.3) is 0 Å². The van der Waals surface area contributed by atoms with Crippen LogP contribution in [0.1, 0.15) is 37.7 Å². The van der Waals surface area contributed by atoms with Crippen molar-refractivity contribution in [1.82, 2.24) is 21.3 Å². The van der Waals surface area contributed by atoms with Gasteiger partial charge in [-0.2, -0.15) is 11.8 Å². The third kappa shape index (κ3) is 15.9. The molecule has 6 N–H and O–H groups in total. The number of benzene rings is 1. The van der Waals surface area contributed by atoms with E-state index in [0.29, 0.717) is 11.3 Å². The van der Waals surface area contributed by atoms with Gasteiger partial charge in [0.1, 0.15) is 37.4 Å². The Kier molecular flexibility index (Phi) is 18.8. The largest absolute Gasteiger partial charge is 0.469 e. The summed E-state index contributed by atoms with van der Waals surface area (Å²) in [6, 6.07) is 2.58. The highest BCUT2D eigenvalue weighted by atomic mass is 32.2. The number of alkyl carbamates (subject to hydrolysis) is 1. The summed E-state index contributed by atoms with van der Waals surface area (Å²) in [6.07, 6.45) is -1.39. The maximum atomic E-state index is 13.4. The fourth-order valence-corrected chi connectivity index (χ4v) is 4.30. The van der Waals surface area contributed by atoms with Gasteiger partial charge in [-0.25, -0.2) is 9.18 Å². The van der Waals surface area contributed by atoms with E-state index in [1.165, 1.54) is 11.8 Å². The van der Waals surface area contributed by atoms with Gasteiger partial charge < -0.3 is 41.2 Å². The number of thioether (sulfide) groups is 1. The number of hydrogen-bond donors (Lipinski definition) is 5. The number of ether oxygens (including phenoxy) is 3. The topological polar surface area (TPSA) is 238 Å². The number of carbonyl (C=O) groups excluding carboxylic acids is 8. The molecule has 0 aliphatic rings. The van der Waals surface area contributed by atoms with Crippen molar-refractivity contribution in [2.75, 3.05) is 32.9 Å². The van der Waals surface area contributed by atoms with Gasteiger partial charge in [0, 0.05) is 6.42 Å². The minimum Gasteiger partial charge on any atom is -0.469 e. The summed E-state index contributed by atoms with van der Waals surface area (Å²) in [6.45, 7) is -1.63. The molecule has 0 saturated heterocycles. The Morgan fingerprint density at radius 2 is 1.28 bits per heavy atom. The quantitative estimate of drug-likeness (QED) is 0.0807. The lowest BCUT2D eigenvalue weighted by Gasteiger charge is -2.26. The van der Waals surface area contributed by atoms with Crippen LogP contribution in [0.15, 0.2) is 30.3 Å². The van der Waals surface area contributed by atoms with Crippen LogP contribution in [0.5, 0.6) is 0 Å². The van der Waals surface area contributed by atoms with Gasteiger partial charge >= 0.3 is 18.0 Å². The molecule has 1 aromatic carbocycles.